The van der Waals surface area contributed by atoms with E-state index in [0.717, 1.165) is 37.2 Å². The number of phenols is 1. The number of nitrogens with one attached hydrogen (secondary N) is 1. The lowest BCUT2D eigenvalue weighted by molar-refractivity contribution is 0.276. The summed E-state index contributed by atoms with van der Waals surface area (Å²) in [6.45, 7) is 7.64. The average Bonchev–Trinajstić information content (AvgIpc) is 3.73. The van der Waals surface area contributed by atoms with E-state index in [1.54, 1.807) is 35.4 Å². The van der Waals surface area contributed by atoms with Gasteiger partial charge in [-0.2, -0.15) is 15.1 Å². The van der Waals surface area contributed by atoms with Crippen molar-refractivity contribution in [3.8, 4) is 29.4 Å². The van der Waals surface area contributed by atoms with Crippen LogP contribution in [0.4, 0.5) is 4.39 Å². The third kappa shape index (κ3) is 5.94. The predicted molar refractivity (Wildman–Crippen MR) is 169 cm³/mol. The number of phenolic OH excluding ortho intramolecular Hbond substituents is 1. The molecule has 11 heteroatoms. The number of aromatic hydroxyl groups is 1. The zero-order valence-corrected chi connectivity index (χ0v) is 25.3. The number of aliphatic imine (C=N–C) groups is 2. The molecule has 6 rings (SSSR count). The van der Waals surface area contributed by atoms with Gasteiger partial charge in [-0.25, -0.2) is 9.37 Å². The fraction of sp³-hybridized carbons (Fsp3) is 0.333. The van der Waals surface area contributed by atoms with E-state index in [9.17, 15) is 9.50 Å². The van der Waals surface area contributed by atoms with Gasteiger partial charge in [-0.3, -0.25) is 9.25 Å². The number of hydrogen-bond donors (Lipinski definition) is 2. The van der Waals surface area contributed by atoms with Gasteiger partial charge in [0.15, 0.2) is 5.90 Å². The molecule has 2 unspecified atom stereocenters. The van der Waals surface area contributed by atoms with Crippen LogP contribution < -0.4 is 5.32 Å². The van der Waals surface area contributed by atoms with Crippen molar-refractivity contribution >= 4 is 28.5 Å². The van der Waals surface area contributed by atoms with Crippen LogP contribution in [0.25, 0.3) is 27.9 Å². The van der Waals surface area contributed by atoms with Gasteiger partial charge >= 0.3 is 0 Å². The number of hydrogen-bond acceptors (Lipinski definition) is 6. The molecule has 2 aromatic heterocycles. The van der Waals surface area contributed by atoms with Crippen molar-refractivity contribution in [1.82, 2.24) is 29.5 Å². The van der Waals surface area contributed by atoms with Crippen molar-refractivity contribution in [2.45, 2.75) is 52.3 Å². The molecule has 10 nitrogen and oxygen atoms in total. The number of guanidine groups is 1. The van der Waals surface area contributed by atoms with Crippen molar-refractivity contribution in [2.75, 3.05) is 13.1 Å². The van der Waals surface area contributed by atoms with E-state index < -0.39 is 5.82 Å². The Morgan fingerprint density at radius 3 is 2.61 bits per heavy atom. The molecule has 2 fully saturated rings. The number of terminal acetylenes is 1. The quantitative estimate of drug-likeness (QED) is 0.194. The standard InChI is InChI=1S/C33H35FN8O2/c1-6-27-29(34)10-7-22-13-26(43)14-28(31(22)27)30-17-42(19-35-30)32(20(2)3)38-33(41-15-23-8-9-24(16-41)37-23)36-21(4)44-18-25-11-12-40(5)39-25/h1,7,10-14,17,19,23-24,37,43H,8-9,15-16,18H2,2-5H3/b36-21+,38-33+. The summed E-state index contributed by atoms with van der Waals surface area (Å²) in [5.41, 5.74) is 2.91. The maximum absolute atomic E-state index is 14.7. The Labute approximate surface area is 255 Å². The summed E-state index contributed by atoms with van der Waals surface area (Å²) < 4.78 is 24.2. The number of ether oxygens (including phenoxy) is 1. The second kappa shape index (κ2) is 12.0. The average molecular weight is 595 g/mol. The smallest absolute Gasteiger partial charge is 0.230 e. The highest BCUT2D eigenvalue weighted by molar-refractivity contribution is 6.01. The molecule has 2 atom stereocenters. The van der Waals surface area contributed by atoms with E-state index in [1.807, 2.05) is 44.6 Å². The molecule has 2 aromatic carbocycles. The minimum atomic E-state index is -0.505. The van der Waals surface area contributed by atoms with Gasteiger partial charge in [0.25, 0.3) is 0 Å². The fourth-order valence-corrected chi connectivity index (χ4v) is 5.89. The first kappa shape index (κ1) is 29.1. The molecule has 0 spiro atoms. The number of imidazole rings is 1. The number of piperazine rings is 1. The lowest BCUT2D eigenvalue weighted by atomic mass is 9.97. The third-order valence-electron chi connectivity index (χ3n) is 7.91. The van der Waals surface area contributed by atoms with E-state index in [0.29, 0.717) is 58.4 Å². The maximum Gasteiger partial charge on any atom is 0.230 e. The highest BCUT2D eigenvalue weighted by atomic mass is 19.1. The van der Waals surface area contributed by atoms with Gasteiger partial charge in [0, 0.05) is 62.5 Å². The van der Waals surface area contributed by atoms with Gasteiger partial charge in [0.1, 0.15) is 30.3 Å². The molecule has 4 aromatic rings. The molecule has 0 aliphatic carbocycles. The Morgan fingerprint density at radius 1 is 1.16 bits per heavy atom. The van der Waals surface area contributed by atoms with Crippen LogP contribution in [0.1, 0.15) is 44.9 Å². The molecule has 2 aliphatic rings. The fourth-order valence-electron chi connectivity index (χ4n) is 5.89. The number of fused-ring (bicyclic) bond motifs is 3. The summed E-state index contributed by atoms with van der Waals surface area (Å²) in [6, 6.07) is 8.68. The first-order valence-electron chi connectivity index (χ1n) is 14.6. The van der Waals surface area contributed by atoms with Gasteiger partial charge in [0.05, 0.1) is 17.0 Å². The minimum absolute atomic E-state index is 0.0308. The van der Waals surface area contributed by atoms with Crippen LogP contribution >= 0.6 is 0 Å². The SMILES string of the molecule is C#Cc1c(F)ccc2cc(O)cc(-c3cn(C(/N=C(\N=C(/C)OCc4ccn(C)n4)N4CC5CCC(C4)N5)=C(C)C)cn3)c12. The number of aromatic nitrogens is 4. The molecule has 226 valence electrons. The number of allylic oxidation sites excluding steroid dienone is 1. The highest BCUT2D eigenvalue weighted by Crippen LogP contribution is 2.35. The van der Waals surface area contributed by atoms with E-state index in [4.69, 9.17) is 21.1 Å². The monoisotopic (exact) mass is 594 g/mol. The largest absolute Gasteiger partial charge is 0.508 e. The number of aryl methyl sites for hydroxylation is 1. The van der Waals surface area contributed by atoms with Crippen LogP contribution in [0.3, 0.4) is 0 Å². The normalized spacial score (nSPS) is 18.5. The third-order valence-corrected chi connectivity index (χ3v) is 7.91. The molecule has 0 saturated carbocycles. The zero-order valence-electron chi connectivity index (χ0n) is 25.3. The van der Waals surface area contributed by atoms with Gasteiger partial charge in [-0.15, -0.1) is 6.42 Å². The van der Waals surface area contributed by atoms with Crippen LogP contribution in [0.5, 0.6) is 5.75 Å². The van der Waals surface area contributed by atoms with Crippen molar-refractivity contribution in [3.63, 3.8) is 0 Å². The molecule has 0 amide bonds. The maximum atomic E-state index is 14.7. The molecule has 2 aliphatic heterocycles. The summed E-state index contributed by atoms with van der Waals surface area (Å²) in [4.78, 5) is 16.8. The summed E-state index contributed by atoms with van der Waals surface area (Å²) >= 11 is 0. The molecule has 0 radical (unpaired) electrons. The first-order chi connectivity index (χ1) is 21.2. The topological polar surface area (TPSA) is 105 Å². The van der Waals surface area contributed by atoms with Gasteiger partial charge < -0.3 is 20.1 Å². The van der Waals surface area contributed by atoms with Crippen LogP contribution in [0, 0.1) is 18.2 Å². The van der Waals surface area contributed by atoms with E-state index in [-0.39, 0.29) is 11.3 Å². The van der Waals surface area contributed by atoms with Gasteiger partial charge in [-0.05, 0) is 61.9 Å². The Balaban J connectivity index is 1.38. The van der Waals surface area contributed by atoms with Gasteiger partial charge in [0.2, 0.25) is 5.96 Å². The van der Waals surface area contributed by atoms with Crippen LogP contribution in [0.2, 0.25) is 0 Å². The number of rotatable bonds is 5. The Bertz CT molecular complexity index is 1840. The second-order valence-electron chi connectivity index (χ2n) is 11.5. The van der Waals surface area contributed by atoms with Crippen LogP contribution in [-0.4, -0.2) is 66.4 Å². The number of nitrogens with zero attached hydrogens (tertiary/aromatic N) is 7. The van der Waals surface area contributed by atoms with E-state index >= 15 is 0 Å². The van der Waals surface area contributed by atoms with Gasteiger partial charge in [-0.1, -0.05) is 12.0 Å². The van der Waals surface area contributed by atoms with Crippen LogP contribution in [-0.2, 0) is 18.4 Å². The molecule has 4 heterocycles. The summed E-state index contributed by atoms with van der Waals surface area (Å²) in [7, 11) is 1.87. The van der Waals surface area contributed by atoms with E-state index in [1.165, 1.54) is 6.07 Å². The van der Waals surface area contributed by atoms with Crippen molar-refractivity contribution < 1.29 is 14.2 Å². The molecule has 2 N–H and O–H groups in total. The number of likely N-dealkylation sites (tertiary alicyclic amines) is 1. The second-order valence-corrected chi connectivity index (χ2v) is 11.5. The molecular formula is C33H35FN8O2. The highest BCUT2D eigenvalue weighted by Gasteiger charge is 2.34. The Morgan fingerprint density at radius 2 is 1.93 bits per heavy atom. The molecular weight excluding hydrogens is 559 g/mol. The lowest BCUT2D eigenvalue weighted by Gasteiger charge is -2.33. The summed E-state index contributed by atoms with van der Waals surface area (Å²) in [5, 5.41) is 19.6. The number of halogens is 1. The number of benzene rings is 2. The van der Waals surface area contributed by atoms with Crippen molar-refractivity contribution in [1.29, 1.82) is 0 Å². The summed E-state index contributed by atoms with van der Waals surface area (Å²) in [5.74, 6) is 3.66. The Kier molecular flexibility index (Phi) is 7.93. The first-order valence-corrected chi connectivity index (χ1v) is 14.6. The Hall–Kier alpha value is -4.95. The van der Waals surface area contributed by atoms with Crippen LogP contribution in [0.15, 0.2) is 64.6 Å². The molecule has 2 saturated heterocycles. The van der Waals surface area contributed by atoms with Crippen molar-refractivity contribution in [2.24, 2.45) is 17.0 Å². The minimum Gasteiger partial charge on any atom is -0.508 e. The lowest BCUT2D eigenvalue weighted by Crippen LogP contribution is -2.52. The van der Waals surface area contributed by atoms with Crippen molar-refractivity contribution in [3.05, 3.63) is 71.7 Å². The zero-order chi connectivity index (χ0) is 31.0. The summed E-state index contributed by atoms with van der Waals surface area (Å²) in [6.07, 6.45) is 13.3. The molecule has 2 bridgehead atoms. The van der Waals surface area contributed by atoms with E-state index in [2.05, 4.69) is 26.2 Å². The molecule has 44 heavy (non-hydrogen) atoms. The predicted octanol–water partition coefficient (Wildman–Crippen LogP) is 4.90.